The highest BCUT2D eigenvalue weighted by atomic mass is 32.2. The zero-order valence-corrected chi connectivity index (χ0v) is 18.7. The highest BCUT2D eigenvalue weighted by Crippen LogP contribution is 2.28. The van der Waals surface area contributed by atoms with Gasteiger partial charge in [0.05, 0.1) is 24.7 Å². The van der Waals surface area contributed by atoms with Crippen molar-refractivity contribution >= 4 is 23.5 Å². The van der Waals surface area contributed by atoms with Crippen LogP contribution in [0.25, 0.3) is 5.69 Å². The highest BCUT2D eigenvalue weighted by Gasteiger charge is 2.23. The van der Waals surface area contributed by atoms with Crippen LogP contribution in [-0.4, -0.2) is 52.6 Å². The second-order valence-corrected chi connectivity index (χ2v) is 8.60. The largest absolute Gasteiger partial charge is 0.378 e. The van der Waals surface area contributed by atoms with Gasteiger partial charge in [0.1, 0.15) is 5.82 Å². The zero-order valence-electron chi connectivity index (χ0n) is 17.9. The number of thioether (sulfide) groups is 1. The van der Waals surface area contributed by atoms with Crippen LogP contribution in [0.15, 0.2) is 41.6 Å². The molecule has 0 atom stereocenters. The molecule has 2 heterocycles. The molecule has 2 aromatic carbocycles. The van der Waals surface area contributed by atoms with Gasteiger partial charge in [0.2, 0.25) is 5.95 Å². The van der Waals surface area contributed by atoms with Crippen molar-refractivity contribution in [1.82, 2.24) is 14.8 Å². The smallest absolute Gasteiger partial charge is 0.232 e. The van der Waals surface area contributed by atoms with Gasteiger partial charge < -0.3 is 9.64 Å². The molecular formula is C23H25FN4O2S. The summed E-state index contributed by atoms with van der Waals surface area (Å²) in [6, 6.07) is 10.3. The second-order valence-electron chi connectivity index (χ2n) is 7.66. The third-order valence-corrected chi connectivity index (χ3v) is 6.38. The summed E-state index contributed by atoms with van der Waals surface area (Å²) < 4.78 is 21.2. The maximum atomic E-state index is 14.0. The van der Waals surface area contributed by atoms with Gasteiger partial charge in [-0.2, -0.15) is 0 Å². The van der Waals surface area contributed by atoms with Crippen LogP contribution in [-0.2, 0) is 4.74 Å². The highest BCUT2D eigenvalue weighted by molar-refractivity contribution is 7.99. The molecule has 0 unspecified atom stereocenters. The molecule has 1 fully saturated rings. The fourth-order valence-corrected chi connectivity index (χ4v) is 4.46. The van der Waals surface area contributed by atoms with Crippen LogP contribution in [0.1, 0.15) is 27.0 Å². The van der Waals surface area contributed by atoms with E-state index in [0.717, 1.165) is 16.7 Å². The summed E-state index contributed by atoms with van der Waals surface area (Å²) in [6.07, 6.45) is 0. The molecule has 3 aromatic rings. The molecular weight excluding hydrogens is 415 g/mol. The number of morpholine rings is 1. The number of ether oxygens (including phenoxy) is 1. The predicted molar refractivity (Wildman–Crippen MR) is 120 cm³/mol. The summed E-state index contributed by atoms with van der Waals surface area (Å²) >= 11 is 1.31. The minimum atomic E-state index is -0.336. The number of aromatic nitrogens is 3. The lowest BCUT2D eigenvalue weighted by molar-refractivity contribution is 0.102. The number of aryl methyl sites for hydroxylation is 3. The van der Waals surface area contributed by atoms with Gasteiger partial charge in [0.15, 0.2) is 10.9 Å². The van der Waals surface area contributed by atoms with E-state index < -0.39 is 0 Å². The van der Waals surface area contributed by atoms with E-state index in [4.69, 9.17) is 4.74 Å². The van der Waals surface area contributed by atoms with Gasteiger partial charge in [-0.3, -0.25) is 9.36 Å². The number of hydrogen-bond acceptors (Lipinski definition) is 6. The molecule has 8 heteroatoms. The second kappa shape index (κ2) is 9.20. The van der Waals surface area contributed by atoms with Gasteiger partial charge in [0, 0.05) is 18.7 Å². The lowest BCUT2D eigenvalue weighted by Crippen LogP contribution is -2.37. The Hall–Kier alpha value is -2.71. The van der Waals surface area contributed by atoms with Crippen LogP contribution in [0, 0.1) is 26.6 Å². The number of Topliss-reactive ketones (excluding diaryl/α,β-unsaturated/α-hetero) is 1. The van der Waals surface area contributed by atoms with Gasteiger partial charge in [-0.1, -0.05) is 23.9 Å². The van der Waals surface area contributed by atoms with E-state index in [1.807, 2.05) is 43.5 Å². The first kappa shape index (κ1) is 21.5. The molecule has 31 heavy (non-hydrogen) atoms. The summed E-state index contributed by atoms with van der Waals surface area (Å²) in [5.74, 6) is 0.551. The van der Waals surface area contributed by atoms with E-state index in [0.29, 0.717) is 43.1 Å². The maximum Gasteiger partial charge on any atom is 0.232 e. The average molecular weight is 441 g/mol. The monoisotopic (exact) mass is 440 g/mol. The van der Waals surface area contributed by atoms with E-state index in [1.54, 1.807) is 6.07 Å². The fraction of sp³-hybridized carbons (Fsp3) is 0.348. The van der Waals surface area contributed by atoms with Crippen LogP contribution >= 0.6 is 11.8 Å². The lowest BCUT2D eigenvalue weighted by Gasteiger charge is -2.27. The van der Waals surface area contributed by atoms with Crippen LogP contribution in [0.5, 0.6) is 0 Å². The minimum absolute atomic E-state index is 0.0346. The van der Waals surface area contributed by atoms with Gasteiger partial charge >= 0.3 is 0 Å². The number of ketones is 1. The number of anilines is 1. The molecule has 0 spiro atoms. The fourth-order valence-electron chi connectivity index (χ4n) is 3.63. The molecule has 6 nitrogen and oxygen atoms in total. The van der Waals surface area contributed by atoms with E-state index in [1.165, 1.54) is 29.5 Å². The summed E-state index contributed by atoms with van der Waals surface area (Å²) in [5, 5.41) is 9.26. The Kier molecular flexibility index (Phi) is 6.38. The molecule has 162 valence electrons. The first-order chi connectivity index (χ1) is 14.9. The normalized spacial score (nSPS) is 14.1. The zero-order chi connectivity index (χ0) is 22.0. The van der Waals surface area contributed by atoms with Crippen molar-refractivity contribution in [2.75, 3.05) is 37.0 Å². The third-order valence-electron chi connectivity index (χ3n) is 5.45. The number of halogens is 1. The van der Waals surface area contributed by atoms with Crippen LogP contribution in [0.3, 0.4) is 0 Å². The maximum absolute atomic E-state index is 14.0. The van der Waals surface area contributed by atoms with Crippen molar-refractivity contribution in [3.63, 3.8) is 0 Å². The van der Waals surface area contributed by atoms with E-state index in [2.05, 4.69) is 15.1 Å². The van der Waals surface area contributed by atoms with Crippen molar-refractivity contribution in [2.24, 2.45) is 0 Å². The minimum Gasteiger partial charge on any atom is -0.378 e. The molecule has 4 rings (SSSR count). The van der Waals surface area contributed by atoms with Crippen LogP contribution in [0.2, 0.25) is 0 Å². The van der Waals surface area contributed by atoms with Gasteiger partial charge in [-0.15, -0.1) is 10.2 Å². The molecule has 1 aliphatic rings. The number of rotatable bonds is 6. The molecule has 1 aromatic heterocycles. The van der Waals surface area contributed by atoms with Crippen molar-refractivity contribution < 1.29 is 13.9 Å². The van der Waals surface area contributed by atoms with Gasteiger partial charge in [-0.25, -0.2) is 4.39 Å². The summed E-state index contributed by atoms with van der Waals surface area (Å²) in [7, 11) is 0. The molecule has 1 saturated heterocycles. The Morgan fingerprint density at radius 2 is 1.81 bits per heavy atom. The average Bonchev–Trinajstić information content (AvgIpc) is 3.19. The molecule has 0 radical (unpaired) electrons. The molecule has 0 amide bonds. The molecule has 0 bridgehead atoms. The van der Waals surface area contributed by atoms with Crippen molar-refractivity contribution in [2.45, 2.75) is 25.9 Å². The van der Waals surface area contributed by atoms with Crippen LogP contribution < -0.4 is 4.90 Å². The van der Waals surface area contributed by atoms with E-state index in [-0.39, 0.29) is 17.4 Å². The first-order valence-electron chi connectivity index (χ1n) is 10.2. The summed E-state index contributed by atoms with van der Waals surface area (Å²) in [4.78, 5) is 15.0. The number of benzene rings is 2. The molecule has 0 saturated carbocycles. The number of hydrogen-bond donors (Lipinski definition) is 0. The Labute approximate surface area is 185 Å². The lowest BCUT2D eigenvalue weighted by atomic mass is 9.99. The predicted octanol–water partition coefficient (Wildman–Crippen LogP) is 4.14. The first-order valence-corrected chi connectivity index (χ1v) is 11.2. The molecule has 0 N–H and O–H groups in total. The summed E-state index contributed by atoms with van der Waals surface area (Å²) in [5.41, 5.74) is 4.58. The summed E-state index contributed by atoms with van der Waals surface area (Å²) in [6.45, 7) is 8.56. The Balaban J connectivity index is 1.63. The quantitative estimate of drug-likeness (QED) is 0.424. The van der Waals surface area contributed by atoms with Gasteiger partial charge in [-0.05, 0) is 61.7 Å². The Bertz CT molecular complexity index is 1110. The molecule has 0 aliphatic carbocycles. The van der Waals surface area contributed by atoms with E-state index >= 15 is 0 Å². The number of carbonyl (C=O) groups excluding carboxylic acids is 1. The Morgan fingerprint density at radius 1 is 1.06 bits per heavy atom. The third kappa shape index (κ3) is 4.65. The SMILES string of the molecule is Cc1cc(C)c(C(=O)CSc2nnc(N3CCOCC3)n2-c2cccc(F)c2)cc1C. The van der Waals surface area contributed by atoms with E-state index in [9.17, 15) is 9.18 Å². The Morgan fingerprint density at radius 3 is 2.55 bits per heavy atom. The molecule has 1 aliphatic heterocycles. The van der Waals surface area contributed by atoms with Crippen molar-refractivity contribution in [3.8, 4) is 5.69 Å². The number of nitrogens with zero attached hydrogens (tertiary/aromatic N) is 4. The standard InChI is InChI=1S/C23H25FN4O2S/c1-15-11-17(3)20(12-16(15)2)21(29)14-31-23-26-25-22(27-7-9-30-10-8-27)28(23)19-6-4-5-18(24)13-19/h4-6,11-13H,7-10,14H2,1-3H3. The topological polar surface area (TPSA) is 60.3 Å². The van der Waals surface area contributed by atoms with Crippen molar-refractivity contribution in [1.29, 1.82) is 0 Å². The number of carbonyl (C=O) groups is 1. The van der Waals surface area contributed by atoms with Crippen molar-refractivity contribution in [3.05, 3.63) is 64.5 Å². The van der Waals surface area contributed by atoms with Crippen LogP contribution in [0.4, 0.5) is 10.3 Å². The van der Waals surface area contributed by atoms with Gasteiger partial charge in [0.25, 0.3) is 0 Å².